The Bertz CT molecular complexity index is 1140. The Morgan fingerprint density at radius 3 is 2.88 bits per heavy atom. The largest absolute Gasteiger partial charge is 0.487 e. The van der Waals surface area contributed by atoms with Gasteiger partial charge in [0.2, 0.25) is 0 Å². The van der Waals surface area contributed by atoms with Crippen LogP contribution in [0, 0.1) is 12.8 Å². The second-order valence-corrected chi connectivity index (χ2v) is 10.8. The summed E-state index contributed by atoms with van der Waals surface area (Å²) < 4.78 is 17.8. The highest BCUT2D eigenvalue weighted by atomic mass is 16.5. The SMILES string of the molecule is Cc1cc(=O)oc2c3c(cc(OCC(=O)NCC4CCCN5CCCCC45)c12)OC(C)(C)CC3. The molecule has 0 aliphatic carbocycles. The van der Waals surface area contributed by atoms with Crippen LogP contribution in [0.15, 0.2) is 21.3 Å². The van der Waals surface area contributed by atoms with Crippen LogP contribution in [-0.2, 0) is 11.2 Å². The quantitative estimate of drug-likeness (QED) is 0.669. The molecule has 34 heavy (non-hydrogen) atoms. The Labute approximate surface area is 200 Å². The molecule has 5 rings (SSSR count). The molecule has 0 bridgehead atoms. The molecule has 3 aliphatic heterocycles. The number of piperidine rings is 2. The zero-order valence-electron chi connectivity index (χ0n) is 20.6. The van der Waals surface area contributed by atoms with Crippen LogP contribution >= 0.6 is 0 Å². The number of nitrogens with zero attached hydrogens (tertiary/aromatic N) is 1. The van der Waals surface area contributed by atoms with E-state index in [1.807, 2.05) is 26.8 Å². The van der Waals surface area contributed by atoms with E-state index in [0.29, 0.717) is 35.6 Å². The number of amides is 1. The molecule has 0 radical (unpaired) electrons. The van der Waals surface area contributed by atoms with Gasteiger partial charge in [-0.3, -0.25) is 4.79 Å². The molecular weight excluding hydrogens is 432 g/mol. The van der Waals surface area contributed by atoms with Crippen LogP contribution in [0.25, 0.3) is 11.0 Å². The second kappa shape index (κ2) is 9.25. The van der Waals surface area contributed by atoms with Gasteiger partial charge >= 0.3 is 5.63 Å². The van der Waals surface area contributed by atoms with Gasteiger partial charge < -0.3 is 24.1 Å². The molecule has 0 spiro atoms. The first kappa shape index (κ1) is 23.2. The molecule has 4 heterocycles. The van der Waals surface area contributed by atoms with Crippen molar-refractivity contribution in [1.29, 1.82) is 0 Å². The van der Waals surface area contributed by atoms with E-state index in [4.69, 9.17) is 13.9 Å². The van der Waals surface area contributed by atoms with Crippen molar-refractivity contribution >= 4 is 16.9 Å². The minimum Gasteiger partial charge on any atom is -0.487 e. The summed E-state index contributed by atoms with van der Waals surface area (Å²) in [5.41, 5.74) is 1.46. The number of hydrogen-bond acceptors (Lipinski definition) is 6. The highest BCUT2D eigenvalue weighted by Crippen LogP contribution is 2.42. The Kier molecular flexibility index (Phi) is 6.32. The van der Waals surface area contributed by atoms with Gasteiger partial charge in [0.05, 0.1) is 5.39 Å². The fourth-order valence-corrected chi connectivity index (χ4v) is 5.99. The van der Waals surface area contributed by atoms with Gasteiger partial charge in [-0.25, -0.2) is 4.79 Å². The number of aryl methyl sites for hydroxylation is 2. The summed E-state index contributed by atoms with van der Waals surface area (Å²) in [7, 11) is 0. The van der Waals surface area contributed by atoms with Crippen molar-refractivity contribution in [3.63, 3.8) is 0 Å². The molecule has 7 heteroatoms. The minimum atomic E-state index is -0.392. The van der Waals surface area contributed by atoms with Gasteiger partial charge in [0.25, 0.3) is 5.91 Å². The van der Waals surface area contributed by atoms with Crippen LogP contribution < -0.4 is 20.4 Å². The summed E-state index contributed by atoms with van der Waals surface area (Å²) >= 11 is 0. The fraction of sp³-hybridized carbons (Fsp3) is 0.630. The maximum Gasteiger partial charge on any atom is 0.336 e. The van der Waals surface area contributed by atoms with Crippen molar-refractivity contribution in [2.45, 2.75) is 77.4 Å². The van der Waals surface area contributed by atoms with Crippen molar-refractivity contribution in [1.82, 2.24) is 10.2 Å². The standard InChI is InChI=1S/C27H36N2O5/c1-17-13-24(31)33-26-19-9-10-27(2,3)34-21(19)14-22(25(17)26)32-16-23(30)28-15-18-7-6-12-29-11-5-4-8-20(18)29/h13-14,18,20H,4-12,15-16H2,1-3H3,(H,28,30). The molecule has 2 unspecified atom stereocenters. The molecule has 2 saturated heterocycles. The fourth-order valence-electron chi connectivity index (χ4n) is 5.99. The van der Waals surface area contributed by atoms with Crippen LogP contribution in [0.1, 0.15) is 63.5 Å². The number of carbonyl (C=O) groups is 1. The zero-order valence-corrected chi connectivity index (χ0v) is 20.6. The van der Waals surface area contributed by atoms with Crippen molar-refractivity contribution < 1.29 is 18.7 Å². The first-order valence-corrected chi connectivity index (χ1v) is 12.7. The van der Waals surface area contributed by atoms with Gasteiger partial charge in [0.15, 0.2) is 6.61 Å². The van der Waals surface area contributed by atoms with Crippen LogP contribution in [0.3, 0.4) is 0 Å². The van der Waals surface area contributed by atoms with Gasteiger partial charge in [-0.1, -0.05) is 6.42 Å². The van der Waals surface area contributed by atoms with Crippen molar-refractivity contribution in [2.75, 3.05) is 26.2 Å². The molecular formula is C27H36N2O5. The number of nitrogens with one attached hydrogen (secondary N) is 1. The summed E-state index contributed by atoms with van der Waals surface area (Å²) in [5.74, 6) is 1.55. The molecule has 184 valence electrons. The van der Waals surface area contributed by atoms with Gasteiger partial charge in [0.1, 0.15) is 22.7 Å². The van der Waals surface area contributed by atoms with Crippen LogP contribution in [0.5, 0.6) is 11.5 Å². The molecule has 2 aromatic rings. The molecule has 0 saturated carbocycles. The number of hydrogen-bond donors (Lipinski definition) is 1. The monoisotopic (exact) mass is 468 g/mol. The van der Waals surface area contributed by atoms with Gasteiger partial charge in [-0.15, -0.1) is 0 Å². The number of ether oxygens (including phenoxy) is 2. The lowest BCUT2D eigenvalue weighted by atomic mass is 9.83. The summed E-state index contributed by atoms with van der Waals surface area (Å²) in [6, 6.07) is 3.91. The second-order valence-electron chi connectivity index (χ2n) is 10.8. The third-order valence-corrected chi connectivity index (χ3v) is 7.75. The maximum absolute atomic E-state index is 12.7. The summed E-state index contributed by atoms with van der Waals surface area (Å²) in [5, 5.41) is 3.84. The number of rotatable bonds is 5. The summed E-state index contributed by atoms with van der Waals surface area (Å²) in [4.78, 5) is 27.5. The average Bonchev–Trinajstić information content (AvgIpc) is 2.80. The van der Waals surface area contributed by atoms with E-state index < -0.39 is 5.63 Å². The average molecular weight is 469 g/mol. The van der Waals surface area contributed by atoms with Crippen LogP contribution in [0.2, 0.25) is 0 Å². The van der Waals surface area contributed by atoms with E-state index in [1.54, 1.807) is 0 Å². The highest BCUT2D eigenvalue weighted by Gasteiger charge is 2.33. The van der Waals surface area contributed by atoms with E-state index in [9.17, 15) is 9.59 Å². The Balaban J connectivity index is 1.31. The molecule has 2 fully saturated rings. The predicted molar refractivity (Wildman–Crippen MR) is 131 cm³/mol. The van der Waals surface area contributed by atoms with Crippen molar-refractivity contribution in [3.8, 4) is 11.5 Å². The molecule has 1 aromatic heterocycles. The number of benzene rings is 1. The third-order valence-electron chi connectivity index (χ3n) is 7.75. The lowest BCUT2D eigenvalue weighted by Gasteiger charge is -2.44. The topological polar surface area (TPSA) is 81.0 Å². The molecule has 1 amide bonds. The summed E-state index contributed by atoms with van der Waals surface area (Å²) in [6.45, 7) is 8.94. The van der Waals surface area contributed by atoms with Crippen molar-refractivity contribution in [2.24, 2.45) is 5.92 Å². The van der Waals surface area contributed by atoms with Gasteiger partial charge in [0, 0.05) is 30.3 Å². The predicted octanol–water partition coefficient (Wildman–Crippen LogP) is 3.96. The molecule has 1 N–H and O–H groups in total. The van der Waals surface area contributed by atoms with E-state index in [2.05, 4.69) is 10.2 Å². The maximum atomic E-state index is 12.7. The Morgan fingerprint density at radius 1 is 1.21 bits per heavy atom. The van der Waals surface area contributed by atoms with Crippen molar-refractivity contribution in [3.05, 3.63) is 33.7 Å². The number of fused-ring (bicyclic) bond motifs is 4. The Hall–Kier alpha value is -2.54. The van der Waals surface area contributed by atoms with E-state index >= 15 is 0 Å². The zero-order chi connectivity index (χ0) is 23.9. The number of carbonyl (C=O) groups excluding carboxylic acids is 1. The van der Waals surface area contributed by atoms with Gasteiger partial charge in [-0.2, -0.15) is 0 Å². The van der Waals surface area contributed by atoms with E-state index in [0.717, 1.165) is 29.4 Å². The van der Waals surface area contributed by atoms with Crippen LogP contribution in [-0.4, -0.2) is 48.7 Å². The van der Waals surface area contributed by atoms with Crippen LogP contribution in [0.4, 0.5) is 0 Å². The lowest BCUT2D eigenvalue weighted by Crippen LogP contribution is -2.51. The van der Waals surface area contributed by atoms with E-state index in [1.165, 1.54) is 51.3 Å². The molecule has 3 aliphatic rings. The summed E-state index contributed by atoms with van der Waals surface area (Å²) in [6.07, 6.45) is 7.77. The normalized spacial score (nSPS) is 24.1. The first-order valence-electron chi connectivity index (χ1n) is 12.7. The lowest BCUT2D eigenvalue weighted by molar-refractivity contribution is -0.123. The minimum absolute atomic E-state index is 0.0864. The van der Waals surface area contributed by atoms with E-state index in [-0.39, 0.29) is 18.1 Å². The third kappa shape index (κ3) is 4.67. The Morgan fingerprint density at radius 2 is 2.03 bits per heavy atom. The first-order chi connectivity index (χ1) is 16.3. The van der Waals surface area contributed by atoms with Gasteiger partial charge in [-0.05, 0) is 83.9 Å². The molecule has 2 atom stereocenters. The smallest absolute Gasteiger partial charge is 0.336 e. The molecule has 1 aromatic carbocycles. The highest BCUT2D eigenvalue weighted by molar-refractivity contribution is 5.91. The molecule has 7 nitrogen and oxygen atoms in total.